The first-order valence-corrected chi connectivity index (χ1v) is 6.93. The summed E-state index contributed by atoms with van der Waals surface area (Å²) in [5.41, 5.74) is 2.61. The van der Waals surface area contributed by atoms with Crippen LogP contribution in [0.5, 0.6) is 0 Å². The Kier molecular flexibility index (Phi) is 5.40. The Morgan fingerprint density at radius 3 is 2.90 bits per heavy atom. The Morgan fingerprint density at radius 1 is 1.29 bits per heavy atom. The first kappa shape index (κ1) is 15.1. The number of ether oxygens (including phenoxy) is 1. The fourth-order valence-electron chi connectivity index (χ4n) is 1.76. The molecule has 0 saturated carbocycles. The summed E-state index contributed by atoms with van der Waals surface area (Å²) in [6.45, 7) is 2.72. The number of nitrogens with zero attached hydrogens (tertiary/aromatic N) is 1. The third-order valence-corrected chi connectivity index (χ3v) is 2.88. The number of halogens is 1. The van der Waals surface area contributed by atoms with Gasteiger partial charge in [0.25, 0.3) is 0 Å². The average Bonchev–Trinajstić information content (AvgIpc) is 2.46. The number of aromatic nitrogens is 1. The molecule has 0 aliphatic carbocycles. The highest BCUT2D eigenvalue weighted by Crippen LogP contribution is 2.15. The van der Waals surface area contributed by atoms with Crippen LogP contribution in [0.25, 0.3) is 0 Å². The van der Waals surface area contributed by atoms with Crippen LogP contribution in [0.4, 0.5) is 16.2 Å². The summed E-state index contributed by atoms with van der Waals surface area (Å²) in [5.74, 6) is 0. The van der Waals surface area contributed by atoms with Crippen molar-refractivity contribution in [2.24, 2.45) is 0 Å². The number of pyridine rings is 1. The molecule has 0 aliphatic rings. The summed E-state index contributed by atoms with van der Waals surface area (Å²) >= 11 is 5.83. The van der Waals surface area contributed by atoms with Crippen molar-refractivity contribution in [1.29, 1.82) is 0 Å². The van der Waals surface area contributed by atoms with Crippen molar-refractivity contribution < 1.29 is 9.53 Å². The van der Waals surface area contributed by atoms with E-state index in [0.29, 0.717) is 24.0 Å². The smallest absolute Gasteiger partial charge is 0.411 e. The summed E-state index contributed by atoms with van der Waals surface area (Å²) in [5, 5.41) is 6.35. The van der Waals surface area contributed by atoms with Gasteiger partial charge >= 0.3 is 6.09 Å². The lowest BCUT2D eigenvalue weighted by atomic mass is 10.2. The molecule has 0 unspecified atom stereocenters. The molecule has 0 fully saturated rings. The number of benzene rings is 1. The zero-order chi connectivity index (χ0) is 15.1. The number of hydrogen-bond donors (Lipinski definition) is 2. The summed E-state index contributed by atoms with van der Waals surface area (Å²) in [4.78, 5) is 15.3. The van der Waals surface area contributed by atoms with Crippen LogP contribution in [0.15, 0.2) is 42.6 Å². The molecule has 0 aliphatic heterocycles. The van der Waals surface area contributed by atoms with Crippen LogP contribution >= 0.6 is 11.6 Å². The van der Waals surface area contributed by atoms with Crippen LogP contribution in [0, 0.1) is 0 Å². The molecule has 0 radical (unpaired) electrons. The summed E-state index contributed by atoms with van der Waals surface area (Å²) in [7, 11) is 0. The van der Waals surface area contributed by atoms with Gasteiger partial charge in [-0.1, -0.05) is 23.7 Å². The topological polar surface area (TPSA) is 63.2 Å². The normalized spacial score (nSPS) is 10.0. The van der Waals surface area contributed by atoms with Crippen molar-refractivity contribution in [3.05, 3.63) is 53.3 Å². The lowest BCUT2D eigenvalue weighted by molar-refractivity contribution is 0.168. The lowest BCUT2D eigenvalue weighted by Gasteiger charge is -2.09. The summed E-state index contributed by atoms with van der Waals surface area (Å²) in [6.07, 6.45) is 1.19. The number of rotatable bonds is 5. The van der Waals surface area contributed by atoms with Gasteiger partial charge in [0.05, 0.1) is 6.61 Å². The highest BCUT2D eigenvalue weighted by atomic mass is 35.5. The van der Waals surface area contributed by atoms with E-state index in [1.54, 1.807) is 19.2 Å². The van der Waals surface area contributed by atoms with E-state index in [4.69, 9.17) is 16.3 Å². The number of carbonyl (C=O) groups is 1. The summed E-state index contributed by atoms with van der Waals surface area (Å²) < 4.78 is 4.84. The molecule has 0 atom stereocenters. The molecule has 0 bridgehead atoms. The van der Waals surface area contributed by atoms with Gasteiger partial charge < -0.3 is 10.1 Å². The zero-order valence-corrected chi connectivity index (χ0v) is 12.4. The van der Waals surface area contributed by atoms with Gasteiger partial charge in [-0.2, -0.15) is 0 Å². The molecule has 0 spiro atoms. The Bertz CT molecular complexity index is 619. The van der Waals surface area contributed by atoms with Crippen LogP contribution in [-0.2, 0) is 11.3 Å². The van der Waals surface area contributed by atoms with E-state index < -0.39 is 6.09 Å². The van der Waals surface area contributed by atoms with Crippen LogP contribution in [0.2, 0.25) is 5.15 Å². The molecule has 2 aromatic rings. The minimum atomic E-state index is -0.455. The van der Waals surface area contributed by atoms with Gasteiger partial charge in [0.2, 0.25) is 0 Å². The first-order valence-electron chi connectivity index (χ1n) is 6.55. The average molecular weight is 306 g/mol. The van der Waals surface area contributed by atoms with Crippen molar-refractivity contribution in [2.75, 3.05) is 17.2 Å². The van der Waals surface area contributed by atoms with Crippen LogP contribution < -0.4 is 10.6 Å². The second kappa shape index (κ2) is 7.50. The number of anilines is 2. The molecule has 5 nitrogen and oxygen atoms in total. The fourth-order valence-corrected chi connectivity index (χ4v) is 1.93. The number of nitrogens with one attached hydrogen (secondary N) is 2. The van der Waals surface area contributed by atoms with Gasteiger partial charge in [-0.15, -0.1) is 0 Å². The Balaban J connectivity index is 1.96. The highest BCUT2D eigenvalue weighted by molar-refractivity contribution is 6.29. The van der Waals surface area contributed by atoms with Crippen LogP contribution in [0.1, 0.15) is 12.5 Å². The Morgan fingerprint density at radius 2 is 2.14 bits per heavy atom. The van der Waals surface area contributed by atoms with E-state index in [0.717, 1.165) is 11.3 Å². The molecular formula is C15H16ClN3O2. The fraction of sp³-hybridized carbons (Fsp3) is 0.200. The predicted molar refractivity (Wildman–Crippen MR) is 83.7 cm³/mol. The molecule has 0 saturated heterocycles. The zero-order valence-electron chi connectivity index (χ0n) is 11.6. The van der Waals surface area contributed by atoms with Crippen molar-refractivity contribution in [3.63, 3.8) is 0 Å². The number of hydrogen-bond acceptors (Lipinski definition) is 4. The lowest BCUT2D eigenvalue weighted by Crippen LogP contribution is -2.13. The summed E-state index contributed by atoms with van der Waals surface area (Å²) in [6, 6.07) is 11.1. The minimum Gasteiger partial charge on any atom is -0.450 e. The molecule has 6 heteroatoms. The molecule has 2 rings (SSSR count). The minimum absolute atomic E-state index is 0.343. The number of carbonyl (C=O) groups excluding carboxylic acids is 1. The van der Waals surface area contributed by atoms with Gasteiger partial charge in [-0.3, -0.25) is 5.32 Å². The van der Waals surface area contributed by atoms with Gasteiger partial charge in [0.15, 0.2) is 0 Å². The molecule has 1 aromatic carbocycles. The van der Waals surface area contributed by atoms with E-state index in [9.17, 15) is 4.79 Å². The Labute approximate surface area is 128 Å². The van der Waals surface area contributed by atoms with Gasteiger partial charge in [0.1, 0.15) is 5.15 Å². The number of amides is 1. The quantitative estimate of drug-likeness (QED) is 0.822. The molecule has 110 valence electrons. The maximum atomic E-state index is 11.4. The standard InChI is InChI=1S/C15H16ClN3O2/c1-2-21-15(20)19-13-5-3-4-11(8-13)10-18-12-6-7-17-14(16)9-12/h3-9H,2,10H2,1H3,(H,17,18)(H,19,20). The van der Waals surface area contributed by atoms with Gasteiger partial charge in [0, 0.05) is 24.1 Å². The molecule has 21 heavy (non-hydrogen) atoms. The third-order valence-electron chi connectivity index (χ3n) is 2.67. The molecule has 1 aromatic heterocycles. The Hall–Kier alpha value is -2.27. The van der Waals surface area contributed by atoms with E-state index >= 15 is 0 Å². The SMILES string of the molecule is CCOC(=O)Nc1cccc(CNc2ccnc(Cl)c2)c1. The second-order valence-corrected chi connectivity index (χ2v) is 4.65. The van der Waals surface area contributed by atoms with Gasteiger partial charge in [-0.05, 0) is 36.8 Å². The first-order chi connectivity index (χ1) is 10.2. The largest absolute Gasteiger partial charge is 0.450 e. The molecular weight excluding hydrogens is 290 g/mol. The van der Waals surface area contributed by atoms with Gasteiger partial charge in [-0.25, -0.2) is 9.78 Å². The van der Waals surface area contributed by atoms with Crippen LogP contribution in [0.3, 0.4) is 0 Å². The maximum absolute atomic E-state index is 11.4. The monoisotopic (exact) mass is 305 g/mol. The molecule has 2 N–H and O–H groups in total. The van der Waals surface area contributed by atoms with Crippen molar-refractivity contribution >= 4 is 29.1 Å². The van der Waals surface area contributed by atoms with Crippen molar-refractivity contribution in [2.45, 2.75) is 13.5 Å². The van der Waals surface area contributed by atoms with E-state index in [1.165, 1.54) is 0 Å². The predicted octanol–water partition coefficient (Wildman–Crippen LogP) is 3.92. The molecule has 1 heterocycles. The van der Waals surface area contributed by atoms with E-state index in [-0.39, 0.29) is 0 Å². The maximum Gasteiger partial charge on any atom is 0.411 e. The van der Waals surface area contributed by atoms with Crippen molar-refractivity contribution in [1.82, 2.24) is 4.98 Å². The highest BCUT2D eigenvalue weighted by Gasteiger charge is 2.02. The molecule has 1 amide bonds. The van der Waals surface area contributed by atoms with E-state index in [1.807, 2.05) is 30.3 Å². The third kappa shape index (κ3) is 4.96. The van der Waals surface area contributed by atoms with Crippen molar-refractivity contribution in [3.8, 4) is 0 Å². The van der Waals surface area contributed by atoms with Crippen LogP contribution in [-0.4, -0.2) is 17.7 Å². The second-order valence-electron chi connectivity index (χ2n) is 4.27. The van der Waals surface area contributed by atoms with E-state index in [2.05, 4.69) is 15.6 Å².